The molecule has 0 aliphatic carbocycles. The van der Waals surface area contributed by atoms with E-state index in [1.54, 1.807) is 7.11 Å². The molecule has 0 aliphatic rings. The van der Waals surface area contributed by atoms with Gasteiger partial charge in [0.15, 0.2) is 0 Å². The average Bonchev–Trinajstić information content (AvgIpc) is 2.47. The molecule has 0 atom stereocenters. The van der Waals surface area contributed by atoms with Gasteiger partial charge in [0.25, 0.3) is 5.97 Å². The Morgan fingerprint density at radius 3 is 1.58 bits per heavy atom. The molecule has 4 nitrogen and oxygen atoms in total. The molecule has 0 amide bonds. The minimum Gasteiger partial charge on any atom is -0.385 e. The van der Waals surface area contributed by atoms with Crippen LogP contribution in [0.15, 0.2) is 0 Å². The lowest BCUT2D eigenvalue weighted by atomic mass is 10.1. The molecular weight excluding hydrogens is 328 g/mol. The minimum absolute atomic E-state index is 0.340. The van der Waals surface area contributed by atoms with E-state index < -0.39 is 5.97 Å². The first-order chi connectivity index (χ1) is 12.0. The Morgan fingerprint density at radius 2 is 1.12 bits per heavy atom. The lowest BCUT2D eigenvalue weighted by Gasteiger charge is -2.42. The van der Waals surface area contributed by atoms with Crippen molar-refractivity contribution in [2.75, 3.05) is 20.3 Å². The van der Waals surface area contributed by atoms with Crippen molar-refractivity contribution < 1.29 is 18.9 Å². The summed E-state index contributed by atoms with van der Waals surface area (Å²) < 4.78 is 24.0. The van der Waals surface area contributed by atoms with Crippen molar-refractivity contribution in [2.24, 2.45) is 0 Å². The quantitative estimate of drug-likeness (QED) is 0.243. The second-order valence-electron chi connectivity index (χ2n) is 9.18. The molecule has 0 spiro atoms. The second kappa shape index (κ2) is 13.1. The maximum Gasteiger partial charge on any atom is 0.283 e. The Hall–Kier alpha value is -0.160. The van der Waals surface area contributed by atoms with E-state index in [-0.39, 0.29) is 11.2 Å². The highest BCUT2D eigenvalue weighted by atomic mass is 16.9. The van der Waals surface area contributed by atoms with Gasteiger partial charge in [-0.15, -0.1) is 0 Å². The first-order valence-corrected chi connectivity index (χ1v) is 10.6. The highest BCUT2D eigenvalue weighted by Gasteiger charge is 2.41. The smallest absolute Gasteiger partial charge is 0.283 e. The maximum atomic E-state index is 6.34. The first kappa shape index (κ1) is 25.8. The first-order valence-electron chi connectivity index (χ1n) is 10.6. The molecule has 0 N–H and O–H groups in total. The number of hydrogen-bond acceptors (Lipinski definition) is 4. The third kappa shape index (κ3) is 15.0. The van der Waals surface area contributed by atoms with Gasteiger partial charge >= 0.3 is 0 Å². The van der Waals surface area contributed by atoms with Crippen LogP contribution in [0.5, 0.6) is 0 Å². The molecule has 158 valence electrons. The van der Waals surface area contributed by atoms with Crippen molar-refractivity contribution >= 4 is 0 Å². The van der Waals surface area contributed by atoms with Gasteiger partial charge in [0.1, 0.15) is 0 Å². The molecule has 0 aromatic rings. The van der Waals surface area contributed by atoms with E-state index in [1.807, 2.05) is 0 Å². The van der Waals surface area contributed by atoms with Gasteiger partial charge < -0.3 is 18.9 Å². The second-order valence-corrected chi connectivity index (χ2v) is 9.18. The molecule has 0 aliphatic heterocycles. The van der Waals surface area contributed by atoms with E-state index in [1.165, 1.54) is 38.5 Å². The topological polar surface area (TPSA) is 36.9 Å². The Labute approximate surface area is 163 Å². The fourth-order valence-corrected chi connectivity index (χ4v) is 2.92. The van der Waals surface area contributed by atoms with Gasteiger partial charge in [-0.05, 0) is 54.4 Å². The lowest BCUT2D eigenvalue weighted by molar-refractivity contribution is -0.430. The summed E-state index contributed by atoms with van der Waals surface area (Å²) in [5, 5.41) is 0. The van der Waals surface area contributed by atoms with Crippen molar-refractivity contribution in [1.29, 1.82) is 0 Å². The van der Waals surface area contributed by atoms with Crippen LogP contribution in [0.3, 0.4) is 0 Å². The van der Waals surface area contributed by atoms with E-state index >= 15 is 0 Å². The molecule has 0 rings (SSSR count). The maximum absolute atomic E-state index is 6.34. The van der Waals surface area contributed by atoms with Crippen molar-refractivity contribution in [1.82, 2.24) is 0 Å². The van der Waals surface area contributed by atoms with Gasteiger partial charge in [-0.2, -0.15) is 0 Å². The fraction of sp³-hybridized carbons (Fsp3) is 1.00. The molecule has 0 bridgehead atoms. The standard InChI is InChI=1S/C22H46O4/c1-9-10-11-12-13-14-15-17-22(25-20(2,3)4,26-21(5,6)7)24-19-16-18-23-8/h9-19H2,1-8H3. The fourth-order valence-electron chi connectivity index (χ4n) is 2.92. The summed E-state index contributed by atoms with van der Waals surface area (Å²) in [6.07, 6.45) is 10.4. The van der Waals surface area contributed by atoms with Crippen LogP contribution in [-0.2, 0) is 18.9 Å². The Kier molecular flexibility index (Phi) is 13.0. The van der Waals surface area contributed by atoms with E-state index in [4.69, 9.17) is 18.9 Å². The summed E-state index contributed by atoms with van der Waals surface area (Å²) >= 11 is 0. The molecule has 0 saturated heterocycles. The minimum atomic E-state index is -0.992. The Balaban J connectivity index is 4.82. The monoisotopic (exact) mass is 374 g/mol. The predicted octanol–water partition coefficient (Wildman–Crippen LogP) is 6.46. The van der Waals surface area contributed by atoms with Crippen molar-refractivity contribution in [3.05, 3.63) is 0 Å². The SMILES string of the molecule is CCCCCCCCCC(OCCCOC)(OC(C)(C)C)OC(C)(C)C. The van der Waals surface area contributed by atoms with Crippen LogP contribution in [0.1, 0.15) is 106 Å². The van der Waals surface area contributed by atoms with Gasteiger partial charge in [-0.3, -0.25) is 0 Å². The van der Waals surface area contributed by atoms with Crippen LogP contribution in [0.2, 0.25) is 0 Å². The third-order valence-electron chi connectivity index (χ3n) is 3.82. The van der Waals surface area contributed by atoms with Crippen LogP contribution in [0.4, 0.5) is 0 Å². The molecule has 0 unspecified atom stereocenters. The largest absolute Gasteiger partial charge is 0.385 e. The van der Waals surface area contributed by atoms with Crippen LogP contribution in [-0.4, -0.2) is 37.5 Å². The van der Waals surface area contributed by atoms with Gasteiger partial charge in [-0.25, -0.2) is 0 Å². The van der Waals surface area contributed by atoms with Crippen LogP contribution >= 0.6 is 0 Å². The summed E-state index contributed by atoms with van der Waals surface area (Å²) in [6, 6.07) is 0. The molecule has 0 fully saturated rings. The highest BCUT2D eigenvalue weighted by molar-refractivity contribution is 4.72. The average molecular weight is 375 g/mol. The summed E-state index contributed by atoms with van der Waals surface area (Å²) in [6.45, 7) is 15.8. The van der Waals surface area contributed by atoms with Crippen molar-refractivity contribution in [3.8, 4) is 0 Å². The zero-order valence-electron chi connectivity index (χ0n) is 18.9. The zero-order chi connectivity index (χ0) is 20.1. The van der Waals surface area contributed by atoms with Gasteiger partial charge in [0.05, 0.1) is 17.8 Å². The molecule has 26 heavy (non-hydrogen) atoms. The molecule has 0 saturated carbocycles. The summed E-state index contributed by atoms with van der Waals surface area (Å²) in [5.41, 5.74) is -0.679. The van der Waals surface area contributed by atoms with Gasteiger partial charge in [-0.1, -0.05) is 45.4 Å². The van der Waals surface area contributed by atoms with Crippen LogP contribution < -0.4 is 0 Å². The molecule has 0 heterocycles. The van der Waals surface area contributed by atoms with E-state index in [2.05, 4.69) is 48.5 Å². The number of methoxy groups -OCH3 is 1. The molecular formula is C22H46O4. The number of rotatable bonds is 15. The third-order valence-corrected chi connectivity index (χ3v) is 3.82. The van der Waals surface area contributed by atoms with Crippen molar-refractivity contribution in [3.63, 3.8) is 0 Å². The van der Waals surface area contributed by atoms with E-state index in [0.717, 1.165) is 19.3 Å². The number of unbranched alkanes of at least 4 members (excludes halogenated alkanes) is 6. The normalized spacial score (nSPS) is 13.4. The number of hydrogen-bond donors (Lipinski definition) is 0. The zero-order valence-corrected chi connectivity index (χ0v) is 18.9. The van der Waals surface area contributed by atoms with Gasteiger partial charge in [0, 0.05) is 20.1 Å². The Bertz CT molecular complexity index is 312. The number of ether oxygens (including phenoxy) is 4. The van der Waals surface area contributed by atoms with E-state index in [9.17, 15) is 0 Å². The van der Waals surface area contributed by atoms with E-state index in [0.29, 0.717) is 13.2 Å². The van der Waals surface area contributed by atoms with Crippen LogP contribution in [0, 0.1) is 0 Å². The Morgan fingerprint density at radius 1 is 0.615 bits per heavy atom. The highest BCUT2D eigenvalue weighted by Crippen LogP contribution is 2.33. The molecule has 0 radical (unpaired) electrons. The summed E-state index contributed by atoms with van der Waals surface area (Å²) in [7, 11) is 1.71. The molecule has 0 aromatic heterocycles. The predicted molar refractivity (Wildman–Crippen MR) is 109 cm³/mol. The lowest BCUT2D eigenvalue weighted by Crippen LogP contribution is -2.49. The van der Waals surface area contributed by atoms with Crippen molar-refractivity contribution in [2.45, 2.75) is 123 Å². The summed E-state index contributed by atoms with van der Waals surface area (Å²) in [5.74, 6) is -0.992. The summed E-state index contributed by atoms with van der Waals surface area (Å²) in [4.78, 5) is 0. The molecule has 0 aromatic carbocycles. The molecule has 4 heteroatoms. The van der Waals surface area contributed by atoms with Gasteiger partial charge in [0.2, 0.25) is 0 Å². The van der Waals surface area contributed by atoms with Crippen LogP contribution in [0.25, 0.3) is 0 Å².